The van der Waals surface area contributed by atoms with Crippen LogP contribution >= 0.6 is 15.9 Å². The average molecular weight is 190 g/mol. The second-order valence-corrected chi connectivity index (χ2v) is 2.65. The summed E-state index contributed by atoms with van der Waals surface area (Å²) < 4.78 is 0.971. The Bertz CT molecular complexity index is 152. The Morgan fingerprint density at radius 3 is 3.11 bits per heavy atom. The third-order valence-corrected chi connectivity index (χ3v) is 1.43. The summed E-state index contributed by atoms with van der Waals surface area (Å²) in [5, 5.41) is 0. The first-order valence-corrected chi connectivity index (χ1v) is 3.43. The molecule has 1 aliphatic heterocycles. The molecular formula is C5H8BrN3. The van der Waals surface area contributed by atoms with Crippen molar-refractivity contribution in [2.24, 2.45) is 10.7 Å². The van der Waals surface area contributed by atoms with Crippen molar-refractivity contribution in [3.8, 4) is 0 Å². The maximum Gasteiger partial charge on any atom is 0.110 e. The Kier molecular flexibility index (Phi) is 2.24. The van der Waals surface area contributed by atoms with E-state index in [9.17, 15) is 0 Å². The van der Waals surface area contributed by atoms with E-state index in [0.29, 0.717) is 13.3 Å². The summed E-state index contributed by atoms with van der Waals surface area (Å²) in [5.74, 6) is 0. The van der Waals surface area contributed by atoms with Crippen LogP contribution in [0.4, 0.5) is 0 Å². The van der Waals surface area contributed by atoms with E-state index in [2.05, 4.69) is 20.9 Å². The minimum absolute atomic E-state index is 0.520. The van der Waals surface area contributed by atoms with Gasteiger partial charge < -0.3 is 10.6 Å². The lowest BCUT2D eigenvalue weighted by molar-refractivity contribution is 0.397. The number of rotatable bonds is 1. The van der Waals surface area contributed by atoms with Gasteiger partial charge in [0.25, 0.3) is 0 Å². The molecule has 1 rings (SSSR count). The van der Waals surface area contributed by atoms with Crippen LogP contribution in [0.15, 0.2) is 15.7 Å². The molecule has 0 aromatic rings. The molecule has 0 amide bonds. The third kappa shape index (κ3) is 1.80. The number of allylic oxidation sites excluding steroid dienone is 1. The number of nitrogens with two attached hydrogens (primary N) is 1. The maximum atomic E-state index is 5.35. The van der Waals surface area contributed by atoms with Crippen molar-refractivity contribution in [2.45, 2.75) is 0 Å². The highest BCUT2D eigenvalue weighted by atomic mass is 79.9. The summed E-state index contributed by atoms with van der Waals surface area (Å²) >= 11 is 3.28. The zero-order valence-electron chi connectivity index (χ0n) is 4.92. The molecule has 0 saturated carbocycles. The average Bonchev–Trinajstić information content (AvgIpc) is 1.88. The van der Waals surface area contributed by atoms with Gasteiger partial charge in [0.2, 0.25) is 0 Å². The minimum Gasteiger partial charge on any atom is -0.345 e. The first-order chi connectivity index (χ1) is 4.33. The fourth-order valence-electron chi connectivity index (χ4n) is 0.592. The van der Waals surface area contributed by atoms with Crippen LogP contribution in [0.25, 0.3) is 0 Å². The quantitative estimate of drug-likeness (QED) is 0.653. The number of hydrogen-bond acceptors (Lipinski definition) is 3. The van der Waals surface area contributed by atoms with E-state index in [0.717, 1.165) is 4.48 Å². The second-order valence-electron chi connectivity index (χ2n) is 1.74. The van der Waals surface area contributed by atoms with Gasteiger partial charge in [-0.05, 0) is 15.9 Å². The van der Waals surface area contributed by atoms with E-state index in [1.54, 1.807) is 6.21 Å². The SMILES string of the molecule is NCN1C=C(Br)C=NC1. The van der Waals surface area contributed by atoms with Crippen molar-refractivity contribution >= 4 is 22.1 Å². The summed E-state index contributed by atoms with van der Waals surface area (Å²) in [6, 6.07) is 0. The largest absolute Gasteiger partial charge is 0.345 e. The zero-order valence-corrected chi connectivity index (χ0v) is 6.50. The van der Waals surface area contributed by atoms with E-state index < -0.39 is 0 Å². The van der Waals surface area contributed by atoms with Gasteiger partial charge >= 0.3 is 0 Å². The molecule has 50 valence electrons. The predicted molar refractivity (Wildman–Crippen MR) is 41.3 cm³/mol. The van der Waals surface area contributed by atoms with Crippen molar-refractivity contribution in [3.05, 3.63) is 10.7 Å². The molecule has 1 heterocycles. The van der Waals surface area contributed by atoms with Crippen molar-refractivity contribution in [2.75, 3.05) is 13.3 Å². The van der Waals surface area contributed by atoms with Gasteiger partial charge in [-0.15, -0.1) is 0 Å². The van der Waals surface area contributed by atoms with Crippen LogP contribution in [0.1, 0.15) is 0 Å². The summed E-state index contributed by atoms with van der Waals surface area (Å²) in [7, 11) is 0. The summed E-state index contributed by atoms with van der Waals surface area (Å²) in [6.45, 7) is 1.19. The Morgan fingerprint density at radius 1 is 1.89 bits per heavy atom. The number of aliphatic imine (C=N–C) groups is 1. The molecule has 0 aromatic carbocycles. The van der Waals surface area contributed by atoms with Gasteiger partial charge in [-0.25, -0.2) is 0 Å². The van der Waals surface area contributed by atoms with Crippen molar-refractivity contribution in [3.63, 3.8) is 0 Å². The topological polar surface area (TPSA) is 41.6 Å². The molecule has 0 saturated heterocycles. The van der Waals surface area contributed by atoms with Gasteiger partial charge in [0.1, 0.15) is 6.67 Å². The van der Waals surface area contributed by atoms with Crippen molar-refractivity contribution in [1.29, 1.82) is 0 Å². The molecule has 0 spiro atoms. The molecule has 0 unspecified atom stereocenters. The van der Waals surface area contributed by atoms with Crippen LogP contribution in [0.3, 0.4) is 0 Å². The standard InChI is InChI=1S/C5H8BrN3/c6-5-1-8-4-9(2-5)3-7/h1-2H,3-4,7H2. The Hall–Kier alpha value is -0.350. The van der Waals surface area contributed by atoms with E-state index in [1.165, 1.54) is 0 Å². The molecule has 0 fully saturated rings. The van der Waals surface area contributed by atoms with E-state index in [-0.39, 0.29) is 0 Å². The van der Waals surface area contributed by atoms with Crippen LogP contribution in [0, 0.1) is 0 Å². The first kappa shape index (κ1) is 6.77. The van der Waals surface area contributed by atoms with Gasteiger partial charge in [-0.1, -0.05) is 0 Å². The fraction of sp³-hybridized carbons (Fsp3) is 0.400. The molecule has 9 heavy (non-hydrogen) atoms. The van der Waals surface area contributed by atoms with E-state index in [4.69, 9.17) is 5.73 Å². The highest BCUT2D eigenvalue weighted by Gasteiger charge is 1.99. The van der Waals surface area contributed by atoms with E-state index in [1.807, 2.05) is 11.1 Å². The minimum atomic E-state index is 0.520. The highest BCUT2D eigenvalue weighted by Crippen LogP contribution is 2.06. The van der Waals surface area contributed by atoms with Gasteiger partial charge in [-0.2, -0.15) is 0 Å². The van der Waals surface area contributed by atoms with Crippen LogP contribution in [-0.4, -0.2) is 24.5 Å². The normalized spacial score (nSPS) is 18.0. The van der Waals surface area contributed by atoms with Crippen LogP contribution in [0.5, 0.6) is 0 Å². The van der Waals surface area contributed by atoms with Crippen molar-refractivity contribution < 1.29 is 0 Å². The molecule has 0 aliphatic carbocycles. The molecule has 0 radical (unpaired) electrons. The summed E-state index contributed by atoms with van der Waals surface area (Å²) in [6.07, 6.45) is 3.69. The van der Waals surface area contributed by atoms with Crippen LogP contribution in [0.2, 0.25) is 0 Å². The predicted octanol–water partition coefficient (Wildman–Crippen LogP) is 0.483. The second kappa shape index (κ2) is 2.98. The van der Waals surface area contributed by atoms with Crippen LogP contribution in [-0.2, 0) is 0 Å². The summed E-state index contributed by atoms with van der Waals surface area (Å²) in [4.78, 5) is 5.92. The first-order valence-electron chi connectivity index (χ1n) is 2.64. The van der Waals surface area contributed by atoms with Gasteiger partial charge in [-0.3, -0.25) is 4.99 Å². The number of nitrogens with zero attached hydrogens (tertiary/aromatic N) is 2. The van der Waals surface area contributed by atoms with Gasteiger partial charge in [0.15, 0.2) is 0 Å². The fourth-order valence-corrected chi connectivity index (χ4v) is 1.03. The Morgan fingerprint density at radius 2 is 2.67 bits per heavy atom. The molecule has 4 heteroatoms. The number of halogens is 1. The zero-order chi connectivity index (χ0) is 6.69. The lowest BCUT2D eigenvalue weighted by Gasteiger charge is -2.17. The number of hydrogen-bond donors (Lipinski definition) is 1. The molecular weight excluding hydrogens is 182 g/mol. The lowest BCUT2D eigenvalue weighted by atomic mass is 10.5. The Balaban J connectivity index is 2.55. The molecule has 0 atom stereocenters. The maximum absolute atomic E-state index is 5.35. The van der Waals surface area contributed by atoms with Crippen molar-refractivity contribution in [1.82, 2.24) is 4.90 Å². The highest BCUT2D eigenvalue weighted by molar-refractivity contribution is 9.12. The summed E-state index contributed by atoms with van der Waals surface area (Å²) in [5.41, 5.74) is 5.35. The van der Waals surface area contributed by atoms with E-state index >= 15 is 0 Å². The van der Waals surface area contributed by atoms with Gasteiger partial charge in [0.05, 0.1) is 11.2 Å². The third-order valence-electron chi connectivity index (χ3n) is 1.02. The monoisotopic (exact) mass is 189 g/mol. The molecule has 3 nitrogen and oxygen atoms in total. The van der Waals surface area contributed by atoms with Crippen LogP contribution < -0.4 is 5.73 Å². The molecule has 2 N–H and O–H groups in total. The smallest absolute Gasteiger partial charge is 0.110 e. The molecule has 0 aromatic heterocycles. The van der Waals surface area contributed by atoms with Gasteiger partial charge in [0, 0.05) is 12.4 Å². The Labute approximate surface area is 62.4 Å². The lowest BCUT2D eigenvalue weighted by Crippen LogP contribution is -2.26. The molecule has 1 aliphatic rings. The molecule has 0 bridgehead atoms.